The van der Waals surface area contributed by atoms with Crippen molar-refractivity contribution in [3.8, 4) is 11.5 Å². The monoisotopic (exact) mass is 349 g/mol. The van der Waals surface area contributed by atoms with Crippen molar-refractivity contribution in [3.05, 3.63) is 23.8 Å². The fraction of sp³-hybridized carbons (Fsp3) is 0.556. The number of rotatable bonds is 7. The first kappa shape index (κ1) is 19.1. The van der Waals surface area contributed by atoms with Gasteiger partial charge in [0.15, 0.2) is 11.5 Å². The molecule has 0 spiro atoms. The highest BCUT2D eigenvalue weighted by Gasteiger charge is 2.33. The van der Waals surface area contributed by atoms with E-state index in [0.717, 1.165) is 5.56 Å². The Balaban J connectivity index is 2.18. The minimum atomic E-state index is -0.303. The molecule has 0 bridgehead atoms. The number of likely N-dealkylation sites (tertiary alicyclic amines) is 1. The van der Waals surface area contributed by atoms with E-state index in [4.69, 9.17) is 9.47 Å². The van der Waals surface area contributed by atoms with Crippen LogP contribution >= 0.6 is 0 Å². The standard InChI is InChI=1S/C18H27N3O4/c1-20(2)11-14(12-6-7-15(24-4)16(8-12)25-5)19-18(23)13-9-17(22)21(3)10-13/h6-8,13-14H,9-11H2,1-5H3,(H,19,23)/t13-,14+/m0/s1. The number of nitrogens with one attached hydrogen (secondary N) is 1. The van der Waals surface area contributed by atoms with E-state index >= 15 is 0 Å². The van der Waals surface area contributed by atoms with Crippen molar-refractivity contribution in [1.29, 1.82) is 0 Å². The lowest BCUT2D eigenvalue weighted by atomic mass is 10.0. The summed E-state index contributed by atoms with van der Waals surface area (Å²) in [5.74, 6) is 0.870. The lowest BCUT2D eigenvalue weighted by molar-refractivity contribution is -0.128. The molecule has 0 aliphatic carbocycles. The Morgan fingerprint density at radius 1 is 1.32 bits per heavy atom. The van der Waals surface area contributed by atoms with Crippen LogP contribution in [0, 0.1) is 5.92 Å². The maximum atomic E-state index is 12.6. The molecule has 1 aromatic carbocycles. The molecule has 2 atom stereocenters. The number of hydrogen-bond acceptors (Lipinski definition) is 5. The summed E-state index contributed by atoms with van der Waals surface area (Å²) in [6.45, 7) is 1.10. The molecule has 1 aliphatic heterocycles. The van der Waals surface area contributed by atoms with Crippen LogP contribution in [-0.4, -0.2) is 70.1 Å². The molecule has 7 heteroatoms. The summed E-state index contributed by atoms with van der Waals surface area (Å²) in [4.78, 5) is 27.9. The van der Waals surface area contributed by atoms with Crippen LogP contribution in [0.1, 0.15) is 18.0 Å². The largest absolute Gasteiger partial charge is 0.493 e. The molecule has 0 radical (unpaired) electrons. The SMILES string of the molecule is COc1ccc([C@@H](CN(C)C)NC(=O)[C@H]2CC(=O)N(C)C2)cc1OC. The van der Waals surface area contributed by atoms with Gasteiger partial charge < -0.3 is 24.6 Å². The number of carbonyl (C=O) groups excluding carboxylic acids is 2. The third-order valence-corrected chi connectivity index (χ3v) is 4.39. The highest BCUT2D eigenvalue weighted by Crippen LogP contribution is 2.30. The van der Waals surface area contributed by atoms with Gasteiger partial charge >= 0.3 is 0 Å². The van der Waals surface area contributed by atoms with Gasteiger partial charge in [0.1, 0.15) is 0 Å². The first-order valence-electron chi connectivity index (χ1n) is 8.26. The van der Waals surface area contributed by atoms with Gasteiger partial charge in [-0.3, -0.25) is 9.59 Å². The van der Waals surface area contributed by atoms with Crippen molar-refractivity contribution in [2.75, 3.05) is 48.5 Å². The van der Waals surface area contributed by atoms with Gasteiger partial charge in [0.2, 0.25) is 11.8 Å². The molecular formula is C18H27N3O4. The van der Waals surface area contributed by atoms with Crippen LogP contribution in [0.25, 0.3) is 0 Å². The summed E-state index contributed by atoms with van der Waals surface area (Å²) in [6, 6.07) is 5.42. The summed E-state index contributed by atoms with van der Waals surface area (Å²) in [7, 11) is 8.80. The summed E-state index contributed by atoms with van der Waals surface area (Å²) < 4.78 is 10.6. The number of likely N-dealkylation sites (N-methyl/N-ethyl adjacent to an activating group) is 1. The Morgan fingerprint density at radius 3 is 2.52 bits per heavy atom. The molecule has 2 rings (SSSR count). The maximum absolute atomic E-state index is 12.6. The second kappa shape index (κ2) is 8.20. The van der Waals surface area contributed by atoms with Gasteiger partial charge in [0, 0.05) is 26.6 Å². The lowest BCUT2D eigenvalue weighted by Crippen LogP contribution is -2.39. The second-order valence-electron chi connectivity index (χ2n) is 6.61. The molecule has 7 nitrogen and oxygen atoms in total. The Bertz CT molecular complexity index is 633. The van der Waals surface area contributed by atoms with Gasteiger partial charge in [-0.25, -0.2) is 0 Å². The van der Waals surface area contributed by atoms with Crippen molar-refractivity contribution >= 4 is 11.8 Å². The van der Waals surface area contributed by atoms with Crippen LogP contribution in [-0.2, 0) is 9.59 Å². The predicted molar refractivity (Wildman–Crippen MR) is 94.7 cm³/mol. The maximum Gasteiger partial charge on any atom is 0.225 e. The number of methoxy groups -OCH3 is 2. The summed E-state index contributed by atoms with van der Waals surface area (Å²) in [5.41, 5.74) is 0.928. The molecular weight excluding hydrogens is 322 g/mol. The number of carbonyl (C=O) groups is 2. The molecule has 0 aromatic heterocycles. The molecule has 1 fully saturated rings. The molecule has 25 heavy (non-hydrogen) atoms. The second-order valence-corrected chi connectivity index (χ2v) is 6.61. The Morgan fingerprint density at radius 2 is 2.00 bits per heavy atom. The molecule has 0 saturated carbocycles. The number of hydrogen-bond donors (Lipinski definition) is 1. The van der Waals surface area contributed by atoms with E-state index in [9.17, 15) is 9.59 Å². The molecule has 1 aromatic rings. The number of nitrogens with zero attached hydrogens (tertiary/aromatic N) is 2. The molecule has 1 saturated heterocycles. The average Bonchev–Trinajstić information content (AvgIpc) is 2.92. The van der Waals surface area contributed by atoms with Crippen molar-refractivity contribution in [3.63, 3.8) is 0 Å². The van der Waals surface area contributed by atoms with E-state index in [2.05, 4.69) is 5.32 Å². The van der Waals surface area contributed by atoms with E-state index in [-0.39, 0.29) is 30.2 Å². The zero-order valence-electron chi connectivity index (χ0n) is 15.5. The van der Waals surface area contributed by atoms with Crippen LogP contribution in [0.15, 0.2) is 18.2 Å². The summed E-state index contributed by atoms with van der Waals surface area (Å²) in [6.07, 6.45) is 0.267. The van der Waals surface area contributed by atoms with E-state index < -0.39 is 0 Å². The minimum absolute atomic E-state index is 0.00965. The molecule has 1 aliphatic rings. The molecule has 1 heterocycles. The van der Waals surface area contributed by atoms with Gasteiger partial charge in [-0.2, -0.15) is 0 Å². The highest BCUT2D eigenvalue weighted by molar-refractivity contribution is 5.89. The number of benzene rings is 1. The molecule has 1 N–H and O–H groups in total. The van der Waals surface area contributed by atoms with Gasteiger partial charge in [-0.1, -0.05) is 6.07 Å². The van der Waals surface area contributed by atoms with Gasteiger partial charge in [-0.05, 0) is 31.8 Å². The normalized spacial score (nSPS) is 18.4. The summed E-state index contributed by atoms with van der Waals surface area (Å²) >= 11 is 0. The number of ether oxygens (including phenoxy) is 2. The van der Waals surface area contributed by atoms with Gasteiger partial charge in [0.05, 0.1) is 26.2 Å². The zero-order chi connectivity index (χ0) is 18.6. The van der Waals surface area contributed by atoms with E-state index in [1.807, 2.05) is 37.2 Å². The van der Waals surface area contributed by atoms with Gasteiger partial charge in [-0.15, -0.1) is 0 Å². The minimum Gasteiger partial charge on any atom is -0.493 e. The summed E-state index contributed by atoms with van der Waals surface area (Å²) in [5, 5.41) is 3.08. The van der Waals surface area contributed by atoms with Crippen molar-refractivity contribution in [1.82, 2.24) is 15.1 Å². The fourth-order valence-corrected chi connectivity index (χ4v) is 3.00. The smallest absolute Gasteiger partial charge is 0.225 e. The third kappa shape index (κ3) is 4.63. The molecule has 0 unspecified atom stereocenters. The topological polar surface area (TPSA) is 71.1 Å². The zero-order valence-corrected chi connectivity index (χ0v) is 15.5. The van der Waals surface area contributed by atoms with Crippen LogP contribution in [0.2, 0.25) is 0 Å². The van der Waals surface area contributed by atoms with E-state index in [0.29, 0.717) is 24.6 Å². The van der Waals surface area contributed by atoms with Crippen LogP contribution in [0.4, 0.5) is 0 Å². The molecule has 2 amide bonds. The number of amides is 2. The molecule has 138 valence electrons. The lowest BCUT2D eigenvalue weighted by Gasteiger charge is -2.25. The first-order chi connectivity index (χ1) is 11.8. The Hall–Kier alpha value is -2.28. The fourth-order valence-electron chi connectivity index (χ4n) is 3.00. The Kier molecular flexibility index (Phi) is 6.25. The van der Waals surface area contributed by atoms with Crippen LogP contribution < -0.4 is 14.8 Å². The first-order valence-corrected chi connectivity index (χ1v) is 8.26. The van der Waals surface area contributed by atoms with Crippen LogP contribution in [0.3, 0.4) is 0 Å². The predicted octanol–water partition coefficient (Wildman–Crippen LogP) is 0.901. The quantitative estimate of drug-likeness (QED) is 0.792. The van der Waals surface area contributed by atoms with Gasteiger partial charge in [0.25, 0.3) is 0 Å². The van der Waals surface area contributed by atoms with Crippen molar-refractivity contribution < 1.29 is 19.1 Å². The Labute approximate surface area is 148 Å². The average molecular weight is 349 g/mol. The van der Waals surface area contributed by atoms with E-state index in [1.54, 1.807) is 26.2 Å². The third-order valence-electron chi connectivity index (χ3n) is 4.39. The highest BCUT2D eigenvalue weighted by atomic mass is 16.5. The van der Waals surface area contributed by atoms with Crippen LogP contribution in [0.5, 0.6) is 11.5 Å². The van der Waals surface area contributed by atoms with Crippen molar-refractivity contribution in [2.24, 2.45) is 5.92 Å². The van der Waals surface area contributed by atoms with Crippen molar-refractivity contribution in [2.45, 2.75) is 12.5 Å². The van der Waals surface area contributed by atoms with E-state index in [1.165, 1.54) is 0 Å².